The molecule has 0 radical (unpaired) electrons. The van der Waals surface area contributed by atoms with E-state index in [1.165, 1.54) is 6.07 Å². The SMILES string of the molecule is [2H]C([2H])([2H])Oc1ccc2c(c1)C(=O)CCC2. The molecule has 0 aromatic heterocycles. The van der Waals surface area contributed by atoms with Gasteiger partial charge in [0, 0.05) is 12.0 Å². The molecule has 0 heterocycles. The highest BCUT2D eigenvalue weighted by Crippen LogP contribution is 2.24. The van der Waals surface area contributed by atoms with Crippen molar-refractivity contribution >= 4 is 5.78 Å². The molecule has 1 aromatic rings. The zero-order valence-electron chi connectivity index (χ0n) is 10.2. The summed E-state index contributed by atoms with van der Waals surface area (Å²) in [4.78, 5) is 11.6. The van der Waals surface area contributed by atoms with Crippen LogP contribution >= 0.6 is 0 Å². The summed E-state index contributed by atoms with van der Waals surface area (Å²) in [5.41, 5.74) is 1.59. The summed E-state index contributed by atoms with van der Waals surface area (Å²) < 4.78 is 25.7. The van der Waals surface area contributed by atoms with E-state index in [1.54, 1.807) is 12.1 Å². The van der Waals surface area contributed by atoms with Crippen molar-refractivity contribution < 1.29 is 13.6 Å². The highest BCUT2D eigenvalue weighted by atomic mass is 16.5. The van der Waals surface area contributed by atoms with Crippen molar-refractivity contribution in [3.05, 3.63) is 29.3 Å². The fourth-order valence-electron chi connectivity index (χ4n) is 1.67. The third kappa shape index (κ3) is 1.44. The van der Waals surface area contributed by atoms with E-state index >= 15 is 0 Å². The van der Waals surface area contributed by atoms with Gasteiger partial charge in [-0.3, -0.25) is 4.79 Å². The van der Waals surface area contributed by atoms with Gasteiger partial charge in [-0.15, -0.1) is 0 Å². The summed E-state index contributed by atoms with van der Waals surface area (Å²) in [6.07, 6.45) is 2.27. The molecule has 0 bridgehead atoms. The van der Waals surface area contributed by atoms with Crippen LogP contribution in [-0.2, 0) is 6.42 Å². The molecule has 1 aromatic carbocycles. The van der Waals surface area contributed by atoms with Gasteiger partial charge in [-0.2, -0.15) is 0 Å². The number of methoxy groups -OCH3 is 1. The van der Waals surface area contributed by atoms with Gasteiger partial charge in [0.2, 0.25) is 0 Å². The number of hydrogen-bond acceptors (Lipinski definition) is 2. The summed E-state index contributed by atoms with van der Waals surface area (Å²) in [6, 6.07) is 4.90. The Balaban J connectivity index is 2.31. The Morgan fingerprint density at radius 2 is 2.38 bits per heavy atom. The molecule has 1 aliphatic carbocycles. The van der Waals surface area contributed by atoms with Gasteiger partial charge in [0.1, 0.15) is 5.75 Å². The van der Waals surface area contributed by atoms with Crippen LogP contribution in [0.5, 0.6) is 5.75 Å². The van der Waals surface area contributed by atoms with E-state index in [0.717, 1.165) is 18.4 Å². The maximum Gasteiger partial charge on any atom is 0.163 e. The van der Waals surface area contributed by atoms with Crippen LogP contribution in [0.25, 0.3) is 0 Å². The standard InChI is InChI=1S/C11H12O2/c1-13-9-6-5-8-3-2-4-11(12)10(8)7-9/h5-7H,2-4H2,1H3/i1D3. The number of benzene rings is 1. The molecular formula is C11H12O2. The fraction of sp³-hybridized carbons (Fsp3) is 0.364. The van der Waals surface area contributed by atoms with E-state index < -0.39 is 7.04 Å². The molecule has 0 fully saturated rings. The maximum absolute atomic E-state index is 11.6. The molecule has 1 aliphatic rings. The first-order chi connectivity index (χ1) is 7.46. The summed E-state index contributed by atoms with van der Waals surface area (Å²) >= 11 is 0. The van der Waals surface area contributed by atoms with Crippen LogP contribution in [0.15, 0.2) is 18.2 Å². The zero-order valence-corrected chi connectivity index (χ0v) is 7.17. The first-order valence-electron chi connectivity index (χ1n) is 5.81. The topological polar surface area (TPSA) is 26.3 Å². The number of aryl methyl sites for hydroxylation is 1. The van der Waals surface area contributed by atoms with E-state index in [1.807, 2.05) is 0 Å². The Morgan fingerprint density at radius 3 is 3.23 bits per heavy atom. The lowest BCUT2D eigenvalue weighted by Gasteiger charge is -2.14. The van der Waals surface area contributed by atoms with Crippen molar-refractivity contribution in [2.75, 3.05) is 7.04 Å². The average molecular weight is 179 g/mol. The highest BCUT2D eigenvalue weighted by Gasteiger charge is 2.16. The molecule has 2 heteroatoms. The molecule has 0 atom stereocenters. The van der Waals surface area contributed by atoms with Gasteiger partial charge in [0.05, 0.1) is 11.2 Å². The Bertz CT molecular complexity index is 424. The Labute approximate surface area is 81.7 Å². The van der Waals surface area contributed by atoms with Crippen LogP contribution < -0.4 is 4.74 Å². The van der Waals surface area contributed by atoms with E-state index in [2.05, 4.69) is 0 Å². The van der Waals surface area contributed by atoms with Gasteiger partial charge in [-0.05, 0) is 30.5 Å². The van der Waals surface area contributed by atoms with Crippen molar-refractivity contribution in [2.24, 2.45) is 0 Å². The van der Waals surface area contributed by atoms with Crippen molar-refractivity contribution in [2.45, 2.75) is 19.3 Å². The molecule has 2 rings (SSSR count). The third-order valence-corrected chi connectivity index (χ3v) is 2.35. The number of Topliss-reactive ketones (excluding diaryl/α,β-unsaturated/α-hetero) is 1. The average Bonchev–Trinajstić information content (AvgIpc) is 2.17. The van der Waals surface area contributed by atoms with Crippen molar-refractivity contribution in [1.82, 2.24) is 0 Å². The Morgan fingerprint density at radius 1 is 1.46 bits per heavy atom. The summed E-state index contributed by atoms with van der Waals surface area (Å²) in [6.45, 7) is 0. The van der Waals surface area contributed by atoms with E-state index in [-0.39, 0.29) is 11.5 Å². The molecule has 68 valence electrons. The van der Waals surface area contributed by atoms with Crippen molar-refractivity contribution in [3.8, 4) is 5.75 Å². The maximum atomic E-state index is 11.6. The number of rotatable bonds is 1. The van der Waals surface area contributed by atoms with Crippen LogP contribution in [-0.4, -0.2) is 12.8 Å². The largest absolute Gasteiger partial charge is 0.497 e. The summed E-state index contributed by atoms with van der Waals surface area (Å²) in [5.74, 6) is 0.297. The van der Waals surface area contributed by atoms with E-state index in [9.17, 15) is 4.79 Å². The number of fused-ring (bicyclic) bond motifs is 1. The minimum atomic E-state index is -2.47. The molecule has 0 N–H and O–H groups in total. The summed E-state index contributed by atoms with van der Waals surface area (Å²) in [7, 11) is -2.47. The number of carbonyl (C=O) groups excluding carboxylic acids is 1. The molecule has 0 saturated heterocycles. The Hall–Kier alpha value is -1.31. The van der Waals surface area contributed by atoms with Gasteiger partial charge in [0.25, 0.3) is 0 Å². The normalized spacial score (nSPS) is 19.7. The van der Waals surface area contributed by atoms with Gasteiger partial charge in [-0.1, -0.05) is 6.07 Å². The molecule has 0 unspecified atom stereocenters. The third-order valence-electron chi connectivity index (χ3n) is 2.35. The van der Waals surface area contributed by atoms with E-state index in [4.69, 9.17) is 8.85 Å². The number of carbonyl (C=O) groups is 1. The quantitative estimate of drug-likeness (QED) is 0.660. The van der Waals surface area contributed by atoms with Crippen LogP contribution in [0.2, 0.25) is 0 Å². The lowest BCUT2D eigenvalue weighted by molar-refractivity contribution is 0.0972. The number of hydrogen-bond donors (Lipinski definition) is 0. The molecule has 2 nitrogen and oxygen atoms in total. The summed E-state index contributed by atoms with van der Waals surface area (Å²) in [5, 5.41) is 0. The van der Waals surface area contributed by atoms with Gasteiger partial charge in [0.15, 0.2) is 5.78 Å². The number of ether oxygens (including phenoxy) is 1. The second kappa shape index (κ2) is 3.21. The zero-order chi connectivity index (χ0) is 11.8. The van der Waals surface area contributed by atoms with Crippen LogP contribution in [0.4, 0.5) is 0 Å². The molecule has 0 aliphatic heterocycles. The minimum absolute atomic E-state index is 0.0669. The predicted molar refractivity (Wildman–Crippen MR) is 50.3 cm³/mol. The lowest BCUT2D eigenvalue weighted by Crippen LogP contribution is -2.10. The second-order valence-electron chi connectivity index (χ2n) is 3.20. The molecule has 0 amide bonds. The van der Waals surface area contributed by atoms with Gasteiger partial charge in [-0.25, -0.2) is 0 Å². The van der Waals surface area contributed by atoms with Crippen LogP contribution in [0, 0.1) is 0 Å². The van der Waals surface area contributed by atoms with Crippen molar-refractivity contribution in [1.29, 1.82) is 0 Å². The highest BCUT2D eigenvalue weighted by molar-refractivity contribution is 5.98. The van der Waals surface area contributed by atoms with Gasteiger partial charge < -0.3 is 4.74 Å². The fourth-order valence-corrected chi connectivity index (χ4v) is 1.67. The molecule has 13 heavy (non-hydrogen) atoms. The first kappa shape index (κ1) is 5.43. The van der Waals surface area contributed by atoms with Crippen LogP contribution in [0.1, 0.15) is 32.9 Å². The predicted octanol–water partition coefficient (Wildman–Crippen LogP) is 2.21. The Kier molecular flexibility index (Phi) is 1.34. The number of ketones is 1. The minimum Gasteiger partial charge on any atom is -0.497 e. The second-order valence-corrected chi connectivity index (χ2v) is 3.20. The molecule has 0 spiro atoms. The smallest absolute Gasteiger partial charge is 0.163 e. The van der Waals surface area contributed by atoms with E-state index in [0.29, 0.717) is 12.0 Å². The van der Waals surface area contributed by atoms with Gasteiger partial charge >= 0.3 is 0 Å². The molecular weight excluding hydrogens is 164 g/mol. The molecule has 0 saturated carbocycles. The lowest BCUT2D eigenvalue weighted by atomic mass is 9.91. The van der Waals surface area contributed by atoms with Crippen molar-refractivity contribution in [3.63, 3.8) is 0 Å². The van der Waals surface area contributed by atoms with Crippen LogP contribution in [0.3, 0.4) is 0 Å². The first-order valence-corrected chi connectivity index (χ1v) is 4.31. The monoisotopic (exact) mass is 179 g/mol.